The maximum absolute atomic E-state index is 9.55. The molecule has 4 heteroatoms. The highest BCUT2D eigenvalue weighted by atomic mass is 16.3. The molecule has 68 valence electrons. The van der Waals surface area contributed by atoms with Crippen molar-refractivity contribution in [2.24, 2.45) is 5.11 Å². The molecule has 4 nitrogen and oxygen atoms in total. The summed E-state index contributed by atoms with van der Waals surface area (Å²) in [5.74, 6) is 0. The first kappa shape index (κ1) is 9.58. The van der Waals surface area contributed by atoms with E-state index in [1.807, 2.05) is 13.0 Å². The van der Waals surface area contributed by atoms with E-state index in [-0.39, 0.29) is 0 Å². The summed E-state index contributed by atoms with van der Waals surface area (Å²) >= 11 is 0. The minimum Gasteiger partial charge on any atom is -0.388 e. The van der Waals surface area contributed by atoms with Gasteiger partial charge in [-0.2, -0.15) is 0 Å². The van der Waals surface area contributed by atoms with Crippen LogP contribution in [0.15, 0.2) is 29.4 Å². The molecule has 0 aliphatic heterocycles. The lowest BCUT2D eigenvalue weighted by atomic mass is 10.1. The van der Waals surface area contributed by atoms with Gasteiger partial charge in [-0.3, -0.25) is 0 Å². The number of aliphatic hydroxyl groups is 1. The van der Waals surface area contributed by atoms with Crippen LogP contribution < -0.4 is 0 Å². The zero-order valence-electron chi connectivity index (χ0n) is 7.38. The monoisotopic (exact) mass is 177 g/mol. The molecule has 1 N–H and O–H groups in total. The Balaban J connectivity index is 3.11. The first-order valence-corrected chi connectivity index (χ1v) is 4.11. The highest BCUT2D eigenvalue weighted by Gasteiger charge is 2.07. The maximum Gasteiger partial charge on any atom is 0.0791 e. The van der Waals surface area contributed by atoms with Crippen LogP contribution in [0.4, 0.5) is 5.69 Å². The van der Waals surface area contributed by atoms with Crippen molar-refractivity contribution in [3.63, 3.8) is 0 Å². The van der Waals surface area contributed by atoms with Gasteiger partial charge in [0.1, 0.15) is 0 Å². The lowest BCUT2D eigenvalue weighted by Gasteiger charge is -2.09. The van der Waals surface area contributed by atoms with Gasteiger partial charge in [0.25, 0.3) is 0 Å². The lowest BCUT2D eigenvalue weighted by Crippen LogP contribution is -1.94. The summed E-state index contributed by atoms with van der Waals surface area (Å²) in [4.78, 5) is 2.70. The molecule has 0 aliphatic rings. The van der Waals surface area contributed by atoms with Gasteiger partial charge in [-0.15, -0.1) is 0 Å². The van der Waals surface area contributed by atoms with Crippen molar-refractivity contribution >= 4 is 5.69 Å². The first-order chi connectivity index (χ1) is 6.29. The highest BCUT2D eigenvalue weighted by molar-refractivity contribution is 5.46. The molecule has 0 spiro atoms. The van der Waals surface area contributed by atoms with E-state index in [4.69, 9.17) is 5.53 Å². The van der Waals surface area contributed by atoms with Gasteiger partial charge in [-0.1, -0.05) is 36.3 Å². The van der Waals surface area contributed by atoms with E-state index in [2.05, 4.69) is 10.0 Å². The molecule has 0 aliphatic carbocycles. The molecule has 0 saturated heterocycles. The van der Waals surface area contributed by atoms with E-state index in [9.17, 15) is 5.11 Å². The Bertz CT molecular complexity index is 331. The Kier molecular flexibility index (Phi) is 3.31. The quantitative estimate of drug-likeness (QED) is 0.430. The molecule has 1 atom stereocenters. The number of hydrogen-bond acceptors (Lipinski definition) is 2. The van der Waals surface area contributed by atoms with Crippen LogP contribution >= 0.6 is 0 Å². The average Bonchev–Trinajstić information content (AvgIpc) is 2.18. The van der Waals surface area contributed by atoms with Gasteiger partial charge in [0, 0.05) is 10.6 Å². The topological polar surface area (TPSA) is 69.0 Å². The second-order valence-corrected chi connectivity index (χ2v) is 2.67. The Labute approximate surface area is 76.5 Å². The molecule has 0 bridgehead atoms. The predicted molar refractivity (Wildman–Crippen MR) is 50.5 cm³/mol. The third-order valence-corrected chi connectivity index (χ3v) is 1.83. The molecule has 1 aromatic rings. The van der Waals surface area contributed by atoms with Gasteiger partial charge < -0.3 is 5.11 Å². The van der Waals surface area contributed by atoms with E-state index in [0.29, 0.717) is 17.7 Å². The predicted octanol–water partition coefficient (Wildman–Crippen LogP) is 3.07. The molecule has 0 unspecified atom stereocenters. The van der Waals surface area contributed by atoms with E-state index >= 15 is 0 Å². The van der Waals surface area contributed by atoms with Crippen LogP contribution in [0.3, 0.4) is 0 Å². The minimum absolute atomic E-state index is 0.499. The smallest absolute Gasteiger partial charge is 0.0791 e. The minimum atomic E-state index is -0.554. The third-order valence-electron chi connectivity index (χ3n) is 1.83. The normalized spacial score (nSPS) is 11.8. The van der Waals surface area contributed by atoms with Crippen molar-refractivity contribution in [1.29, 1.82) is 0 Å². The summed E-state index contributed by atoms with van der Waals surface area (Å²) in [5, 5.41) is 13.0. The van der Waals surface area contributed by atoms with Gasteiger partial charge in [0.05, 0.1) is 6.10 Å². The standard InChI is InChI=1S/C9H11N3O/c1-2-9(13)7-5-3-4-6-8(7)11-12-10/h3-6,9,13H,2H2,1H3/t9-/m0/s1. The van der Waals surface area contributed by atoms with E-state index in [0.717, 1.165) is 0 Å². The largest absolute Gasteiger partial charge is 0.388 e. The fourth-order valence-electron chi connectivity index (χ4n) is 1.13. The Morgan fingerprint density at radius 2 is 2.23 bits per heavy atom. The number of rotatable bonds is 3. The van der Waals surface area contributed by atoms with Crippen molar-refractivity contribution < 1.29 is 5.11 Å². The van der Waals surface area contributed by atoms with Crippen molar-refractivity contribution in [1.82, 2.24) is 0 Å². The van der Waals surface area contributed by atoms with E-state index in [1.54, 1.807) is 18.2 Å². The second kappa shape index (κ2) is 4.50. The van der Waals surface area contributed by atoms with Crippen LogP contribution in [0.2, 0.25) is 0 Å². The van der Waals surface area contributed by atoms with Crippen LogP contribution in [0.5, 0.6) is 0 Å². The Hall–Kier alpha value is -1.51. The first-order valence-electron chi connectivity index (χ1n) is 4.11. The summed E-state index contributed by atoms with van der Waals surface area (Å²) in [6.45, 7) is 1.87. The molecule has 0 amide bonds. The number of azide groups is 1. The summed E-state index contributed by atoms with van der Waals surface area (Å²) in [6.07, 6.45) is 0.0551. The SMILES string of the molecule is CC[C@H](O)c1ccccc1N=[N+]=[N-]. The number of nitrogens with zero attached hydrogens (tertiary/aromatic N) is 3. The summed E-state index contributed by atoms with van der Waals surface area (Å²) in [7, 11) is 0. The Morgan fingerprint density at radius 1 is 1.54 bits per heavy atom. The molecule has 0 heterocycles. The number of benzene rings is 1. The lowest BCUT2D eigenvalue weighted by molar-refractivity contribution is 0.174. The van der Waals surface area contributed by atoms with Crippen LogP contribution in [-0.2, 0) is 0 Å². The van der Waals surface area contributed by atoms with Crippen LogP contribution in [0.25, 0.3) is 10.4 Å². The summed E-state index contributed by atoms with van der Waals surface area (Å²) < 4.78 is 0. The van der Waals surface area contributed by atoms with Crippen LogP contribution in [0, 0.1) is 0 Å². The van der Waals surface area contributed by atoms with Gasteiger partial charge >= 0.3 is 0 Å². The van der Waals surface area contributed by atoms with Gasteiger partial charge in [0.2, 0.25) is 0 Å². The zero-order valence-corrected chi connectivity index (χ0v) is 7.38. The zero-order chi connectivity index (χ0) is 9.68. The van der Waals surface area contributed by atoms with Gasteiger partial charge in [-0.25, -0.2) is 0 Å². The summed E-state index contributed by atoms with van der Waals surface area (Å²) in [6, 6.07) is 7.03. The maximum atomic E-state index is 9.55. The van der Waals surface area contributed by atoms with Crippen molar-refractivity contribution in [3.8, 4) is 0 Å². The molecule has 1 rings (SSSR count). The fraction of sp³-hybridized carbons (Fsp3) is 0.333. The van der Waals surface area contributed by atoms with E-state index < -0.39 is 6.10 Å². The van der Waals surface area contributed by atoms with Crippen molar-refractivity contribution in [3.05, 3.63) is 40.3 Å². The van der Waals surface area contributed by atoms with Crippen LogP contribution in [-0.4, -0.2) is 5.11 Å². The van der Waals surface area contributed by atoms with Crippen molar-refractivity contribution in [2.75, 3.05) is 0 Å². The average molecular weight is 177 g/mol. The van der Waals surface area contributed by atoms with E-state index in [1.165, 1.54) is 0 Å². The Morgan fingerprint density at radius 3 is 2.85 bits per heavy atom. The molecule has 0 radical (unpaired) electrons. The molecular weight excluding hydrogens is 166 g/mol. The fourth-order valence-corrected chi connectivity index (χ4v) is 1.13. The summed E-state index contributed by atoms with van der Waals surface area (Å²) in [5.41, 5.74) is 9.46. The molecular formula is C9H11N3O. The highest BCUT2D eigenvalue weighted by Crippen LogP contribution is 2.26. The number of hydrogen-bond donors (Lipinski definition) is 1. The van der Waals surface area contributed by atoms with Crippen LogP contribution in [0.1, 0.15) is 25.0 Å². The van der Waals surface area contributed by atoms with Crippen molar-refractivity contribution in [2.45, 2.75) is 19.4 Å². The van der Waals surface area contributed by atoms with Gasteiger partial charge in [0.15, 0.2) is 0 Å². The molecule has 0 fully saturated rings. The third kappa shape index (κ3) is 2.21. The number of aliphatic hydroxyl groups excluding tert-OH is 1. The van der Waals surface area contributed by atoms with Gasteiger partial charge in [-0.05, 0) is 17.5 Å². The molecule has 0 saturated carbocycles. The molecule has 0 aromatic heterocycles. The second-order valence-electron chi connectivity index (χ2n) is 2.67. The molecule has 13 heavy (non-hydrogen) atoms. The molecule has 1 aromatic carbocycles.